The lowest BCUT2D eigenvalue weighted by molar-refractivity contribution is 0.0849. The lowest BCUT2D eigenvalue weighted by Crippen LogP contribution is -2.27. The van der Waals surface area contributed by atoms with Crippen molar-refractivity contribution in [3.63, 3.8) is 0 Å². The van der Waals surface area contributed by atoms with Gasteiger partial charge in [0.2, 0.25) is 5.95 Å². The Morgan fingerprint density at radius 3 is 2.19 bits per heavy atom. The Morgan fingerprint density at radius 1 is 0.815 bits per heavy atom. The van der Waals surface area contributed by atoms with E-state index in [0.717, 1.165) is 24.7 Å². The number of anilines is 1. The second-order valence-electron chi connectivity index (χ2n) is 7.83. The number of nitrogens with zero attached hydrogens (tertiary/aromatic N) is 5. The van der Waals surface area contributed by atoms with Crippen LogP contribution < -0.4 is 4.90 Å². The average molecular weight is 359 g/mol. The maximum atomic E-state index is 6.09. The fourth-order valence-electron chi connectivity index (χ4n) is 5.10. The van der Waals surface area contributed by atoms with Gasteiger partial charge in [-0.15, -0.1) is 0 Å². The summed E-state index contributed by atoms with van der Waals surface area (Å²) in [5.41, 5.74) is 3.40. The molecule has 6 nitrogen and oxygen atoms in total. The third-order valence-electron chi connectivity index (χ3n) is 6.41. The van der Waals surface area contributed by atoms with Gasteiger partial charge in [0.25, 0.3) is 0 Å². The van der Waals surface area contributed by atoms with Gasteiger partial charge in [0, 0.05) is 24.9 Å². The summed E-state index contributed by atoms with van der Waals surface area (Å²) in [6.07, 6.45) is 3.32. The van der Waals surface area contributed by atoms with E-state index in [4.69, 9.17) is 4.74 Å². The molecule has 0 amide bonds. The minimum Gasteiger partial charge on any atom is -0.374 e. The first-order valence-corrected chi connectivity index (χ1v) is 9.71. The molecule has 4 atom stereocenters. The van der Waals surface area contributed by atoms with E-state index in [1.54, 1.807) is 0 Å². The van der Waals surface area contributed by atoms with Crippen LogP contribution in [0.3, 0.4) is 0 Å². The van der Waals surface area contributed by atoms with E-state index in [-0.39, 0.29) is 0 Å². The van der Waals surface area contributed by atoms with Gasteiger partial charge in [-0.05, 0) is 46.5 Å². The van der Waals surface area contributed by atoms with Gasteiger partial charge in [0.15, 0.2) is 0 Å². The van der Waals surface area contributed by atoms with Crippen LogP contribution in [-0.4, -0.2) is 45.5 Å². The summed E-state index contributed by atoms with van der Waals surface area (Å²) in [5, 5.41) is 12.6. The fraction of sp³-hybridized carbons (Fsp3) is 0.381. The molecule has 0 N–H and O–H groups in total. The molecule has 27 heavy (non-hydrogen) atoms. The van der Waals surface area contributed by atoms with E-state index in [1.807, 2.05) is 10.7 Å². The monoisotopic (exact) mass is 359 g/mol. The number of benzene rings is 2. The number of rotatable bonds is 3. The van der Waals surface area contributed by atoms with E-state index in [2.05, 4.69) is 69.0 Å². The molecular weight excluding hydrogens is 338 g/mol. The minimum atomic E-state index is 0.444. The molecule has 136 valence electrons. The number of hydrogen-bond donors (Lipinski definition) is 0. The smallest absolute Gasteiger partial charge is 0.250 e. The van der Waals surface area contributed by atoms with Crippen molar-refractivity contribution >= 4 is 5.95 Å². The van der Waals surface area contributed by atoms with Gasteiger partial charge in [-0.1, -0.05) is 47.6 Å². The lowest BCUT2D eigenvalue weighted by Gasteiger charge is -2.19. The molecule has 2 aromatic carbocycles. The van der Waals surface area contributed by atoms with Crippen LogP contribution >= 0.6 is 0 Å². The summed E-state index contributed by atoms with van der Waals surface area (Å²) in [5.74, 6) is 2.11. The number of fused-ring (bicyclic) bond motifs is 5. The summed E-state index contributed by atoms with van der Waals surface area (Å²) in [6, 6.07) is 18.8. The molecule has 3 aromatic rings. The topological polar surface area (TPSA) is 56.1 Å². The SMILES string of the molecule is c1ccc(-c2ccc(-n3nnnc3N3C[C@@H]4[C@H](C3)[C@H]3CC[C@@H]4O3)cc2)cc1. The van der Waals surface area contributed by atoms with Gasteiger partial charge in [0.1, 0.15) is 0 Å². The molecule has 1 aromatic heterocycles. The molecule has 2 bridgehead atoms. The van der Waals surface area contributed by atoms with Crippen LogP contribution in [0.1, 0.15) is 12.8 Å². The largest absolute Gasteiger partial charge is 0.374 e. The normalized spacial score (nSPS) is 28.7. The van der Waals surface area contributed by atoms with E-state index in [1.165, 1.54) is 24.0 Å². The third-order valence-corrected chi connectivity index (χ3v) is 6.41. The summed E-state index contributed by atoms with van der Waals surface area (Å²) in [6.45, 7) is 1.99. The Morgan fingerprint density at radius 2 is 1.48 bits per heavy atom. The van der Waals surface area contributed by atoms with E-state index >= 15 is 0 Å². The van der Waals surface area contributed by atoms with Gasteiger partial charge in [-0.3, -0.25) is 0 Å². The standard InChI is InChI=1S/C21H21N5O/c1-2-4-14(5-3-1)15-6-8-16(9-7-15)26-21(22-23-24-26)25-12-17-18(13-25)20-11-10-19(17)27-20/h1-9,17-20H,10-13H2/t17-,18+,19+,20-. The average Bonchev–Trinajstić information content (AvgIpc) is 3.50. The van der Waals surface area contributed by atoms with Gasteiger partial charge in [-0.2, -0.15) is 4.68 Å². The number of aromatic nitrogens is 4. The van der Waals surface area contributed by atoms with Crippen molar-refractivity contribution in [2.45, 2.75) is 25.0 Å². The molecule has 3 aliphatic heterocycles. The zero-order valence-electron chi connectivity index (χ0n) is 15.0. The van der Waals surface area contributed by atoms with Crippen molar-refractivity contribution in [1.29, 1.82) is 0 Å². The van der Waals surface area contributed by atoms with E-state index < -0.39 is 0 Å². The molecule has 3 saturated heterocycles. The molecule has 0 radical (unpaired) electrons. The predicted octanol–water partition coefficient (Wildman–Crippen LogP) is 2.94. The highest BCUT2D eigenvalue weighted by Gasteiger charge is 2.53. The zero-order valence-corrected chi connectivity index (χ0v) is 15.0. The third kappa shape index (κ3) is 2.40. The Kier molecular flexibility index (Phi) is 3.35. The second kappa shape index (κ2) is 5.89. The number of hydrogen-bond acceptors (Lipinski definition) is 5. The second-order valence-corrected chi connectivity index (χ2v) is 7.83. The van der Waals surface area contributed by atoms with Gasteiger partial charge >= 0.3 is 0 Å². The first-order chi connectivity index (χ1) is 13.4. The molecule has 0 saturated carbocycles. The zero-order chi connectivity index (χ0) is 17.8. The highest BCUT2D eigenvalue weighted by Crippen LogP contribution is 2.47. The summed E-state index contributed by atoms with van der Waals surface area (Å²) >= 11 is 0. The van der Waals surface area contributed by atoms with Gasteiger partial charge in [0.05, 0.1) is 17.9 Å². The molecule has 0 spiro atoms. The quantitative estimate of drug-likeness (QED) is 0.720. The van der Waals surface area contributed by atoms with E-state index in [9.17, 15) is 0 Å². The maximum Gasteiger partial charge on any atom is 0.250 e. The summed E-state index contributed by atoms with van der Waals surface area (Å²) < 4.78 is 7.95. The fourth-order valence-corrected chi connectivity index (χ4v) is 5.10. The Hall–Kier alpha value is -2.73. The van der Waals surface area contributed by atoms with E-state index in [0.29, 0.717) is 24.0 Å². The number of ether oxygens (including phenoxy) is 1. The van der Waals surface area contributed by atoms with Crippen molar-refractivity contribution in [3.05, 3.63) is 54.6 Å². The first kappa shape index (κ1) is 15.3. The lowest BCUT2D eigenvalue weighted by atomic mass is 9.82. The van der Waals surface area contributed by atoms with Crippen LogP contribution in [0.4, 0.5) is 5.95 Å². The molecule has 0 aliphatic carbocycles. The molecule has 3 fully saturated rings. The highest BCUT2D eigenvalue weighted by molar-refractivity contribution is 5.64. The number of tetrazole rings is 1. The van der Waals surface area contributed by atoms with Gasteiger partial charge < -0.3 is 9.64 Å². The molecule has 3 aliphatic rings. The van der Waals surface area contributed by atoms with Crippen molar-refractivity contribution in [1.82, 2.24) is 20.2 Å². The van der Waals surface area contributed by atoms with Crippen LogP contribution in [0.15, 0.2) is 54.6 Å². The van der Waals surface area contributed by atoms with Crippen LogP contribution in [0, 0.1) is 11.8 Å². The maximum absolute atomic E-state index is 6.09. The molecule has 0 unspecified atom stereocenters. The summed E-state index contributed by atoms with van der Waals surface area (Å²) in [7, 11) is 0. The van der Waals surface area contributed by atoms with Crippen molar-refractivity contribution in [3.8, 4) is 16.8 Å². The molecule has 6 heteroatoms. The van der Waals surface area contributed by atoms with Crippen molar-refractivity contribution in [2.24, 2.45) is 11.8 Å². The predicted molar refractivity (Wildman–Crippen MR) is 102 cm³/mol. The van der Waals surface area contributed by atoms with Gasteiger partial charge in [-0.25, -0.2) is 0 Å². The first-order valence-electron chi connectivity index (χ1n) is 9.71. The van der Waals surface area contributed by atoms with Crippen LogP contribution in [0.25, 0.3) is 16.8 Å². The van der Waals surface area contributed by atoms with Crippen LogP contribution in [0.5, 0.6) is 0 Å². The molecule has 6 rings (SSSR count). The van der Waals surface area contributed by atoms with Crippen molar-refractivity contribution < 1.29 is 4.74 Å². The Bertz CT molecular complexity index is 936. The highest BCUT2D eigenvalue weighted by atomic mass is 16.5. The molecular formula is C21H21N5O. The van der Waals surface area contributed by atoms with Crippen molar-refractivity contribution in [2.75, 3.05) is 18.0 Å². The Labute approximate surface area is 157 Å². The summed E-state index contributed by atoms with van der Waals surface area (Å²) in [4.78, 5) is 2.34. The Balaban J connectivity index is 1.28. The minimum absolute atomic E-state index is 0.444. The van der Waals surface area contributed by atoms with Crippen LogP contribution in [-0.2, 0) is 4.74 Å². The molecule has 4 heterocycles. The van der Waals surface area contributed by atoms with Crippen LogP contribution in [0.2, 0.25) is 0 Å².